The molecule has 2 aliphatic heterocycles. The van der Waals surface area contributed by atoms with Gasteiger partial charge in [0.2, 0.25) is 0 Å². The summed E-state index contributed by atoms with van der Waals surface area (Å²) in [5, 5.41) is 23.5. The molecule has 0 bridgehead atoms. The summed E-state index contributed by atoms with van der Waals surface area (Å²) in [4.78, 5) is 28.0. The zero-order chi connectivity index (χ0) is 32.0. The van der Waals surface area contributed by atoms with Crippen molar-refractivity contribution in [3.8, 4) is 0 Å². The SMILES string of the molecule is CC1C(CN2CCN(c3ccc([N+](=O)[O-])cc3)CC2)OC(c2ccc(NC(=O)c3ccccc3)cc2)OC1c1ccc(CO)cc1. The summed E-state index contributed by atoms with van der Waals surface area (Å²) >= 11 is 0. The first-order valence-electron chi connectivity index (χ1n) is 15.6. The van der Waals surface area contributed by atoms with E-state index in [1.807, 2.05) is 78.9 Å². The molecule has 0 saturated carbocycles. The number of rotatable bonds is 9. The minimum atomic E-state index is -0.607. The number of nitrogens with one attached hydrogen (secondary N) is 1. The van der Waals surface area contributed by atoms with Crippen LogP contribution in [0.4, 0.5) is 17.1 Å². The number of aliphatic hydroxyl groups is 1. The van der Waals surface area contributed by atoms with Crippen molar-refractivity contribution in [2.24, 2.45) is 5.92 Å². The lowest BCUT2D eigenvalue weighted by Gasteiger charge is -2.44. The fourth-order valence-electron chi connectivity index (χ4n) is 6.07. The third kappa shape index (κ3) is 7.27. The Bertz CT molecular complexity index is 1610. The molecule has 2 heterocycles. The zero-order valence-electron chi connectivity index (χ0n) is 25.7. The maximum atomic E-state index is 12.6. The van der Waals surface area contributed by atoms with Crippen molar-refractivity contribution in [3.63, 3.8) is 0 Å². The number of non-ortho nitro benzene ring substituents is 1. The van der Waals surface area contributed by atoms with Gasteiger partial charge in [-0.3, -0.25) is 19.8 Å². The molecule has 4 atom stereocenters. The van der Waals surface area contributed by atoms with Gasteiger partial charge in [0.15, 0.2) is 6.29 Å². The van der Waals surface area contributed by atoms with E-state index in [9.17, 15) is 20.0 Å². The molecular formula is C36H38N4O6. The van der Waals surface area contributed by atoms with E-state index in [4.69, 9.17) is 9.47 Å². The monoisotopic (exact) mass is 622 g/mol. The van der Waals surface area contributed by atoms with Crippen LogP contribution >= 0.6 is 0 Å². The highest BCUT2D eigenvalue weighted by atomic mass is 16.7. The molecule has 4 unspecified atom stereocenters. The number of benzene rings is 4. The first-order valence-corrected chi connectivity index (χ1v) is 15.6. The molecule has 10 nitrogen and oxygen atoms in total. The molecule has 1 amide bonds. The van der Waals surface area contributed by atoms with E-state index >= 15 is 0 Å². The highest BCUT2D eigenvalue weighted by Gasteiger charge is 2.39. The largest absolute Gasteiger partial charge is 0.392 e. The maximum absolute atomic E-state index is 12.6. The standard InChI is InChI=1S/C36H38N4O6/c1-25-33(23-38-19-21-39(22-20-38)31-15-17-32(18-16-31)40(43)44)45-36(46-34(25)27-9-7-26(24-41)8-10-27)29-11-13-30(14-12-29)37-35(42)28-5-3-2-4-6-28/h2-18,25,33-34,36,41H,19-24H2,1H3,(H,37,42). The average molecular weight is 623 g/mol. The van der Waals surface area contributed by atoms with E-state index in [0.29, 0.717) is 11.3 Å². The molecule has 6 rings (SSSR count). The highest BCUT2D eigenvalue weighted by Crippen LogP contribution is 2.42. The molecule has 4 aromatic carbocycles. The van der Waals surface area contributed by atoms with Crippen molar-refractivity contribution in [3.05, 3.63) is 135 Å². The summed E-state index contributed by atoms with van der Waals surface area (Å²) in [7, 11) is 0. The number of amides is 1. The first-order chi connectivity index (χ1) is 22.4. The van der Waals surface area contributed by atoms with Crippen molar-refractivity contribution < 1.29 is 24.3 Å². The lowest BCUT2D eigenvalue weighted by atomic mass is 9.90. The van der Waals surface area contributed by atoms with Crippen molar-refractivity contribution in [2.75, 3.05) is 42.9 Å². The fraction of sp³-hybridized carbons (Fsp3) is 0.306. The molecule has 2 saturated heterocycles. The number of carbonyl (C=O) groups excluding carboxylic acids is 1. The Labute approximate surface area is 268 Å². The molecule has 0 spiro atoms. The number of nitro benzene ring substituents is 1. The maximum Gasteiger partial charge on any atom is 0.269 e. The average Bonchev–Trinajstić information content (AvgIpc) is 3.10. The second kappa shape index (κ2) is 14.2. The lowest BCUT2D eigenvalue weighted by molar-refractivity contribution is -0.384. The van der Waals surface area contributed by atoms with Crippen molar-refractivity contribution in [1.82, 2.24) is 4.90 Å². The Hall–Kier alpha value is -4.61. The predicted octanol–water partition coefficient (Wildman–Crippen LogP) is 5.95. The molecule has 4 aromatic rings. The van der Waals surface area contributed by atoms with Crippen LogP contribution in [-0.4, -0.2) is 59.7 Å². The summed E-state index contributed by atoms with van der Waals surface area (Å²) < 4.78 is 13.3. The topological polar surface area (TPSA) is 117 Å². The van der Waals surface area contributed by atoms with Crippen LogP contribution in [-0.2, 0) is 16.1 Å². The van der Waals surface area contributed by atoms with Gasteiger partial charge in [-0.1, -0.05) is 61.5 Å². The van der Waals surface area contributed by atoms with Crippen molar-refractivity contribution >= 4 is 23.0 Å². The molecule has 46 heavy (non-hydrogen) atoms. The smallest absolute Gasteiger partial charge is 0.269 e. The van der Waals surface area contributed by atoms with E-state index in [-0.39, 0.29) is 41.3 Å². The molecule has 0 aliphatic carbocycles. The zero-order valence-corrected chi connectivity index (χ0v) is 25.7. The van der Waals surface area contributed by atoms with Gasteiger partial charge >= 0.3 is 0 Å². The minimum Gasteiger partial charge on any atom is -0.392 e. The molecule has 2 fully saturated rings. The Morgan fingerprint density at radius 2 is 1.52 bits per heavy atom. The second-order valence-electron chi connectivity index (χ2n) is 11.8. The van der Waals surface area contributed by atoms with Gasteiger partial charge in [0.05, 0.1) is 23.7 Å². The van der Waals surface area contributed by atoms with Crippen LogP contribution in [0.3, 0.4) is 0 Å². The van der Waals surface area contributed by atoms with Crippen LogP contribution in [0.1, 0.15) is 46.4 Å². The van der Waals surface area contributed by atoms with Crippen LogP contribution in [0.5, 0.6) is 0 Å². The van der Waals surface area contributed by atoms with Gasteiger partial charge < -0.3 is 24.8 Å². The summed E-state index contributed by atoms with van der Waals surface area (Å²) in [5.41, 5.74) is 5.07. The van der Waals surface area contributed by atoms with Gasteiger partial charge in [-0.25, -0.2) is 0 Å². The second-order valence-corrected chi connectivity index (χ2v) is 11.8. The van der Waals surface area contributed by atoms with E-state index in [1.165, 1.54) is 0 Å². The number of hydrogen-bond acceptors (Lipinski definition) is 8. The van der Waals surface area contributed by atoms with E-state index in [2.05, 4.69) is 22.0 Å². The van der Waals surface area contributed by atoms with E-state index in [1.54, 1.807) is 24.3 Å². The van der Waals surface area contributed by atoms with Gasteiger partial charge in [-0.2, -0.15) is 0 Å². The van der Waals surface area contributed by atoms with Crippen LogP contribution in [0.2, 0.25) is 0 Å². The molecule has 0 radical (unpaired) electrons. The number of anilines is 2. The Morgan fingerprint density at radius 1 is 0.870 bits per heavy atom. The number of aliphatic hydroxyl groups excluding tert-OH is 1. The quantitative estimate of drug-likeness (QED) is 0.174. The third-order valence-electron chi connectivity index (χ3n) is 8.84. The molecule has 2 N–H and O–H groups in total. The minimum absolute atomic E-state index is 0.0191. The highest BCUT2D eigenvalue weighted by molar-refractivity contribution is 6.04. The summed E-state index contributed by atoms with van der Waals surface area (Å²) in [6, 6.07) is 31.3. The van der Waals surface area contributed by atoms with Gasteiger partial charge in [-0.15, -0.1) is 0 Å². The number of nitrogens with zero attached hydrogens (tertiary/aromatic N) is 3. The summed E-state index contributed by atoms with van der Waals surface area (Å²) in [6.45, 7) is 6.14. The number of nitro groups is 1. The number of hydrogen-bond donors (Lipinski definition) is 2. The fourth-order valence-corrected chi connectivity index (χ4v) is 6.07. The lowest BCUT2D eigenvalue weighted by Crippen LogP contribution is -2.51. The van der Waals surface area contributed by atoms with Gasteiger partial charge in [0.25, 0.3) is 11.6 Å². The van der Waals surface area contributed by atoms with E-state index in [0.717, 1.165) is 55.1 Å². The molecule has 238 valence electrons. The molecule has 0 aromatic heterocycles. The number of ether oxygens (including phenoxy) is 2. The van der Waals surface area contributed by atoms with Crippen LogP contribution in [0.15, 0.2) is 103 Å². The van der Waals surface area contributed by atoms with Crippen LogP contribution in [0.25, 0.3) is 0 Å². The molecular weight excluding hydrogens is 584 g/mol. The Balaban J connectivity index is 1.15. The number of carbonyl (C=O) groups is 1. The predicted molar refractivity (Wildman–Crippen MR) is 176 cm³/mol. The van der Waals surface area contributed by atoms with Gasteiger partial charge in [0, 0.05) is 73.3 Å². The summed E-state index contributed by atoms with van der Waals surface area (Å²) in [5.74, 6) is -0.124. The first kappa shape index (κ1) is 31.4. The molecule has 10 heteroatoms. The van der Waals surface area contributed by atoms with Crippen LogP contribution in [0, 0.1) is 16.0 Å². The summed E-state index contributed by atoms with van der Waals surface area (Å²) in [6.07, 6.45) is -0.955. The van der Waals surface area contributed by atoms with E-state index < -0.39 is 6.29 Å². The third-order valence-corrected chi connectivity index (χ3v) is 8.84. The Morgan fingerprint density at radius 3 is 2.15 bits per heavy atom. The normalized spacial score (nSPS) is 21.9. The number of piperazine rings is 1. The van der Waals surface area contributed by atoms with Crippen molar-refractivity contribution in [1.29, 1.82) is 0 Å². The Kier molecular flexibility index (Phi) is 9.70. The van der Waals surface area contributed by atoms with Gasteiger partial charge in [0.1, 0.15) is 0 Å². The van der Waals surface area contributed by atoms with Crippen molar-refractivity contribution in [2.45, 2.75) is 32.0 Å². The van der Waals surface area contributed by atoms with Crippen LogP contribution < -0.4 is 10.2 Å². The van der Waals surface area contributed by atoms with Gasteiger partial charge in [-0.05, 0) is 47.5 Å². The molecule has 2 aliphatic rings.